The summed E-state index contributed by atoms with van der Waals surface area (Å²) < 4.78 is 100. The first kappa shape index (κ1) is 41.9. The van der Waals surface area contributed by atoms with Crippen molar-refractivity contribution in [3.8, 4) is 11.6 Å². The number of pyridine rings is 1. The fourth-order valence-corrected chi connectivity index (χ4v) is 8.89. The molecule has 2 aromatic rings. The maximum atomic E-state index is 15.2. The van der Waals surface area contributed by atoms with E-state index in [1.54, 1.807) is 13.0 Å². The molecule has 0 unspecified atom stereocenters. The molecular weight excluding hydrogens is 779 g/mol. The van der Waals surface area contributed by atoms with Crippen molar-refractivity contribution in [2.45, 2.75) is 113 Å². The number of alkyl halides is 3. The molecule has 4 aliphatic rings. The molecule has 57 heavy (non-hydrogen) atoms. The molecule has 2 aliphatic carbocycles. The monoisotopic (exact) mass is 825 g/mol. The molecule has 0 radical (unpaired) electrons. The fourth-order valence-electron chi connectivity index (χ4n) is 7.52. The van der Waals surface area contributed by atoms with Crippen LogP contribution in [0.25, 0.3) is 10.8 Å². The molecule has 0 spiro atoms. The van der Waals surface area contributed by atoms with Gasteiger partial charge in [0.15, 0.2) is 11.6 Å². The van der Waals surface area contributed by atoms with Gasteiger partial charge in [0.05, 0.1) is 18.9 Å². The van der Waals surface area contributed by atoms with Gasteiger partial charge >= 0.3 is 12.3 Å². The summed E-state index contributed by atoms with van der Waals surface area (Å²) >= 11 is 0. The van der Waals surface area contributed by atoms with E-state index in [-0.39, 0.29) is 47.7 Å². The van der Waals surface area contributed by atoms with Crippen LogP contribution in [-0.4, -0.2) is 96.5 Å². The Morgan fingerprint density at radius 3 is 2.44 bits per heavy atom. The number of amides is 4. The summed E-state index contributed by atoms with van der Waals surface area (Å²) in [6.07, 6.45) is -0.402. The van der Waals surface area contributed by atoms with Crippen LogP contribution in [0.3, 0.4) is 0 Å². The third-order valence-electron chi connectivity index (χ3n) is 11.2. The lowest BCUT2D eigenvalue weighted by molar-refractivity contribution is -0.244. The number of sulfonamides is 1. The molecule has 14 nitrogen and oxygen atoms in total. The van der Waals surface area contributed by atoms with Crippen molar-refractivity contribution in [3.63, 3.8) is 0 Å². The molecule has 0 bridgehead atoms. The van der Waals surface area contributed by atoms with Gasteiger partial charge in [-0.05, 0) is 82.4 Å². The van der Waals surface area contributed by atoms with Crippen LogP contribution in [0, 0.1) is 23.6 Å². The molecule has 1 saturated heterocycles. The lowest BCUT2D eigenvalue weighted by atomic mass is 9.88. The number of alkyl carbamates (subject to hydrolysis) is 1. The van der Waals surface area contributed by atoms with E-state index in [1.165, 1.54) is 31.5 Å². The Labute approximate surface area is 327 Å². The highest BCUT2D eigenvalue weighted by molar-refractivity contribution is 7.91. The van der Waals surface area contributed by atoms with Gasteiger partial charge in [-0.15, -0.1) is 0 Å². The molecule has 2 aliphatic heterocycles. The second-order valence-corrected chi connectivity index (χ2v) is 18.0. The van der Waals surface area contributed by atoms with Gasteiger partial charge in [0.1, 0.15) is 23.7 Å². The minimum Gasteiger partial charge on any atom is -0.494 e. The number of ether oxygens (including phenoxy) is 3. The third-order valence-corrected chi connectivity index (χ3v) is 13.0. The number of allylic oxidation sites excluding steroid dienone is 1. The summed E-state index contributed by atoms with van der Waals surface area (Å²) in [6.45, 7) is 4.61. The van der Waals surface area contributed by atoms with Gasteiger partial charge in [-0.25, -0.2) is 22.6 Å². The Hall–Kier alpha value is -4.68. The number of nitrogens with one attached hydrogen (secondary N) is 3. The average Bonchev–Trinajstić information content (AvgIpc) is 4.05. The highest BCUT2D eigenvalue weighted by Gasteiger charge is 2.62. The maximum Gasteiger partial charge on any atom is 0.427 e. The second kappa shape index (κ2) is 15.6. The molecule has 3 N–H and O–H groups in total. The predicted molar refractivity (Wildman–Crippen MR) is 197 cm³/mol. The van der Waals surface area contributed by atoms with Gasteiger partial charge in [-0.2, -0.15) is 13.2 Å². The number of nitrogens with zero attached hydrogens (tertiary/aromatic N) is 2. The SMILES string of the molecule is COc1ccc2c(O[C@@H]3C[C@H]4C(=O)N[C@]5(C(=O)NS(=O)(=O)C6CC6)C[C@H]5/C=C\CC[C@@H](C)C[C@@H](C)[C@H](NC(=O)OC(C)(C)C(F)(F)F)C(=O)N4C3)nccc2c1F. The first-order chi connectivity index (χ1) is 26.7. The number of methoxy groups -OCH3 is 1. The number of hydrogen-bond acceptors (Lipinski definition) is 10. The van der Waals surface area contributed by atoms with Gasteiger partial charge in [0.2, 0.25) is 33.3 Å². The molecule has 6 rings (SSSR count). The van der Waals surface area contributed by atoms with Crippen molar-refractivity contribution < 1.29 is 59.4 Å². The number of carbonyl (C=O) groups excluding carboxylic acids is 4. The Balaban J connectivity index is 1.35. The van der Waals surface area contributed by atoms with Crippen molar-refractivity contribution in [2.24, 2.45) is 17.8 Å². The van der Waals surface area contributed by atoms with E-state index in [0.29, 0.717) is 46.0 Å². The van der Waals surface area contributed by atoms with Crippen molar-refractivity contribution in [1.29, 1.82) is 0 Å². The first-order valence-electron chi connectivity index (χ1n) is 18.9. The molecular formula is C38H47F4N5O9S. The summed E-state index contributed by atoms with van der Waals surface area (Å²) in [6, 6.07) is 1.47. The third kappa shape index (κ3) is 8.77. The summed E-state index contributed by atoms with van der Waals surface area (Å²) in [7, 11) is -2.69. The van der Waals surface area contributed by atoms with Gasteiger partial charge in [-0.3, -0.25) is 19.1 Å². The fraction of sp³-hybridized carbons (Fsp3) is 0.605. The van der Waals surface area contributed by atoms with E-state index >= 15 is 4.39 Å². The quantitative estimate of drug-likeness (QED) is 0.250. The van der Waals surface area contributed by atoms with Crippen molar-refractivity contribution in [1.82, 2.24) is 25.2 Å². The van der Waals surface area contributed by atoms with Crippen LogP contribution in [-0.2, 0) is 29.1 Å². The normalized spacial score (nSPS) is 29.2. The van der Waals surface area contributed by atoms with Crippen LogP contribution in [0.15, 0.2) is 36.5 Å². The minimum atomic E-state index is -4.93. The number of hydrogen-bond donors (Lipinski definition) is 3. The summed E-state index contributed by atoms with van der Waals surface area (Å²) in [4.78, 5) is 61.3. The molecule has 1 aromatic heterocycles. The topological polar surface area (TPSA) is 182 Å². The van der Waals surface area contributed by atoms with Gasteiger partial charge in [0, 0.05) is 29.3 Å². The van der Waals surface area contributed by atoms with Crippen molar-refractivity contribution >= 4 is 44.6 Å². The predicted octanol–water partition coefficient (Wildman–Crippen LogP) is 4.66. The molecule has 3 fully saturated rings. The van der Waals surface area contributed by atoms with Crippen LogP contribution < -0.4 is 24.8 Å². The smallest absolute Gasteiger partial charge is 0.427 e. The van der Waals surface area contributed by atoms with Crippen LogP contribution in [0.2, 0.25) is 0 Å². The number of carbonyl (C=O) groups is 4. The van der Waals surface area contributed by atoms with E-state index < -0.39 is 92.2 Å². The maximum absolute atomic E-state index is 15.2. The van der Waals surface area contributed by atoms with E-state index in [2.05, 4.69) is 20.3 Å². The molecule has 3 heterocycles. The Morgan fingerprint density at radius 2 is 1.77 bits per heavy atom. The summed E-state index contributed by atoms with van der Waals surface area (Å²) in [5, 5.41) is 4.74. The number of aromatic nitrogens is 1. The van der Waals surface area contributed by atoms with Crippen molar-refractivity contribution in [3.05, 3.63) is 42.4 Å². The zero-order valence-corrected chi connectivity index (χ0v) is 33.0. The standard InChI is InChI=1S/C38H47F4N5O9S/c1-20-8-6-7-9-22-18-37(22,34(50)46-57(52,53)24-10-11-24)45-31(48)27-17-23(55-32-26-12-13-28(54-5)29(39)25(26)14-15-43-32)19-47(27)33(49)30(21(2)16-20)44-35(51)56-36(3,4)38(40,41)42/h7,9,12-15,20-24,27,30H,6,8,10-11,16-19H2,1-5H3,(H,44,51)(H,45,48)(H,46,50)/b9-7-/t20-,21-,22-,23-,27+,30+,37-/m1/s1. The van der Waals surface area contributed by atoms with E-state index in [9.17, 15) is 40.8 Å². The Morgan fingerprint density at radius 1 is 1.05 bits per heavy atom. The van der Waals surface area contributed by atoms with Gasteiger partial charge < -0.3 is 29.7 Å². The van der Waals surface area contributed by atoms with Crippen molar-refractivity contribution in [2.75, 3.05) is 13.7 Å². The summed E-state index contributed by atoms with van der Waals surface area (Å²) in [5.74, 6) is -4.62. The van der Waals surface area contributed by atoms with E-state index in [4.69, 9.17) is 14.2 Å². The molecule has 2 saturated carbocycles. The van der Waals surface area contributed by atoms with E-state index in [0.717, 1.165) is 4.90 Å². The van der Waals surface area contributed by atoms with Crippen LogP contribution >= 0.6 is 0 Å². The lowest BCUT2D eigenvalue weighted by Crippen LogP contribution is -2.59. The molecule has 7 atom stereocenters. The number of benzene rings is 1. The zero-order chi connectivity index (χ0) is 41.7. The number of fused-ring (bicyclic) bond motifs is 3. The second-order valence-electron chi connectivity index (χ2n) is 16.1. The molecule has 1 aromatic carbocycles. The highest BCUT2D eigenvalue weighted by atomic mass is 32.2. The Bertz CT molecular complexity index is 2060. The number of halogens is 4. The van der Waals surface area contributed by atoms with Crippen LogP contribution in [0.1, 0.15) is 72.6 Å². The molecule has 19 heteroatoms. The van der Waals surface area contributed by atoms with Crippen LogP contribution in [0.4, 0.5) is 22.4 Å². The molecule has 4 amide bonds. The Kier molecular flexibility index (Phi) is 11.5. The van der Waals surface area contributed by atoms with E-state index in [1.807, 2.05) is 13.0 Å². The van der Waals surface area contributed by atoms with Gasteiger partial charge in [0.25, 0.3) is 5.91 Å². The average molecular weight is 826 g/mol. The lowest BCUT2D eigenvalue weighted by Gasteiger charge is -2.34. The zero-order valence-electron chi connectivity index (χ0n) is 32.2. The first-order valence-corrected chi connectivity index (χ1v) is 20.4. The summed E-state index contributed by atoms with van der Waals surface area (Å²) in [5.41, 5.74) is -4.57. The molecule has 312 valence electrons. The number of rotatable bonds is 8. The van der Waals surface area contributed by atoms with Gasteiger partial charge in [-0.1, -0.05) is 26.0 Å². The highest BCUT2D eigenvalue weighted by Crippen LogP contribution is 2.46. The minimum absolute atomic E-state index is 0.0241. The van der Waals surface area contributed by atoms with Crippen LogP contribution in [0.5, 0.6) is 11.6 Å². The largest absolute Gasteiger partial charge is 0.494 e.